The average Bonchev–Trinajstić information content (AvgIpc) is 2.40. The molecule has 0 aromatic heterocycles. The maximum absolute atomic E-state index is 5.02. The first-order valence-electron chi connectivity index (χ1n) is 7.10. The monoisotopic (exact) mass is 256 g/mol. The molecule has 0 aromatic rings. The van der Waals surface area contributed by atoms with Crippen LogP contribution in [0.4, 0.5) is 0 Å². The van der Waals surface area contributed by atoms with Gasteiger partial charge in [0.1, 0.15) is 0 Å². The predicted molar refractivity (Wildman–Crippen MR) is 76.1 cm³/mol. The lowest BCUT2D eigenvalue weighted by atomic mass is 10.1. The summed E-state index contributed by atoms with van der Waals surface area (Å²) < 4.78 is 5.02. The quantitative estimate of drug-likeness (QED) is 0.399. The molecule has 5 heteroatoms. The van der Waals surface area contributed by atoms with Gasteiger partial charge in [0, 0.05) is 26.7 Å². The molecule has 18 heavy (non-hydrogen) atoms. The van der Waals surface area contributed by atoms with E-state index in [2.05, 4.69) is 27.4 Å². The second-order valence-corrected chi connectivity index (χ2v) is 4.58. The number of guanidine groups is 1. The summed E-state index contributed by atoms with van der Waals surface area (Å²) >= 11 is 0. The van der Waals surface area contributed by atoms with Crippen molar-refractivity contribution in [2.24, 2.45) is 4.99 Å². The number of nitrogens with zero attached hydrogens (tertiary/aromatic N) is 2. The van der Waals surface area contributed by atoms with Crippen LogP contribution >= 0.6 is 0 Å². The fraction of sp³-hybridized carbons (Fsp3) is 0.923. The molecule has 5 nitrogen and oxygen atoms in total. The minimum absolute atomic E-state index is 0.705. The Morgan fingerprint density at radius 1 is 1.22 bits per heavy atom. The molecule has 0 aliphatic carbocycles. The molecular formula is C13H28N4O. The van der Waals surface area contributed by atoms with E-state index in [1.165, 1.54) is 32.4 Å². The van der Waals surface area contributed by atoms with Crippen molar-refractivity contribution in [3.05, 3.63) is 0 Å². The van der Waals surface area contributed by atoms with Crippen LogP contribution in [-0.2, 0) is 4.74 Å². The maximum Gasteiger partial charge on any atom is 0.191 e. The van der Waals surface area contributed by atoms with E-state index >= 15 is 0 Å². The Balaban J connectivity index is 2.20. The van der Waals surface area contributed by atoms with Crippen molar-refractivity contribution in [2.45, 2.75) is 26.2 Å². The molecule has 1 saturated heterocycles. The number of hydrogen-bond acceptors (Lipinski definition) is 3. The Morgan fingerprint density at radius 2 is 2.00 bits per heavy atom. The van der Waals surface area contributed by atoms with Gasteiger partial charge in [-0.2, -0.15) is 0 Å². The van der Waals surface area contributed by atoms with Crippen LogP contribution in [0.25, 0.3) is 0 Å². The van der Waals surface area contributed by atoms with E-state index in [-0.39, 0.29) is 0 Å². The molecule has 1 fully saturated rings. The summed E-state index contributed by atoms with van der Waals surface area (Å²) in [4.78, 5) is 7.08. The largest absolute Gasteiger partial charge is 0.383 e. The zero-order chi connectivity index (χ0) is 13.1. The van der Waals surface area contributed by atoms with Gasteiger partial charge in [-0.3, -0.25) is 4.99 Å². The van der Waals surface area contributed by atoms with E-state index in [0.29, 0.717) is 6.61 Å². The molecule has 0 saturated carbocycles. The maximum atomic E-state index is 5.02. The SMILES string of the molecule is CCNC(=NCCN1CCCCC1)NCCOC. The first-order valence-corrected chi connectivity index (χ1v) is 7.10. The molecule has 0 bridgehead atoms. The van der Waals surface area contributed by atoms with Crippen LogP contribution in [0.2, 0.25) is 0 Å². The third-order valence-electron chi connectivity index (χ3n) is 3.08. The fourth-order valence-corrected chi connectivity index (χ4v) is 2.10. The number of hydrogen-bond donors (Lipinski definition) is 2. The molecule has 0 unspecified atom stereocenters. The van der Waals surface area contributed by atoms with Gasteiger partial charge in [0.15, 0.2) is 5.96 Å². The Kier molecular flexibility index (Phi) is 8.59. The Morgan fingerprint density at radius 3 is 2.67 bits per heavy atom. The van der Waals surface area contributed by atoms with Crippen LogP contribution in [-0.4, -0.2) is 63.8 Å². The first kappa shape index (κ1) is 15.2. The summed E-state index contributed by atoms with van der Waals surface area (Å²) in [5, 5.41) is 6.50. The van der Waals surface area contributed by atoms with E-state index in [1.807, 2.05) is 0 Å². The Bertz CT molecular complexity index is 227. The number of aliphatic imine (C=N–C) groups is 1. The van der Waals surface area contributed by atoms with Crippen LogP contribution in [0.3, 0.4) is 0 Å². The van der Waals surface area contributed by atoms with Crippen molar-refractivity contribution in [1.29, 1.82) is 0 Å². The van der Waals surface area contributed by atoms with E-state index in [0.717, 1.165) is 32.1 Å². The van der Waals surface area contributed by atoms with Crippen molar-refractivity contribution >= 4 is 5.96 Å². The van der Waals surface area contributed by atoms with Gasteiger partial charge < -0.3 is 20.3 Å². The zero-order valence-corrected chi connectivity index (χ0v) is 11.9. The fourth-order valence-electron chi connectivity index (χ4n) is 2.10. The highest BCUT2D eigenvalue weighted by atomic mass is 16.5. The van der Waals surface area contributed by atoms with Gasteiger partial charge in [-0.15, -0.1) is 0 Å². The van der Waals surface area contributed by atoms with Gasteiger partial charge in [-0.25, -0.2) is 0 Å². The molecule has 106 valence electrons. The average molecular weight is 256 g/mol. The van der Waals surface area contributed by atoms with Gasteiger partial charge in [0.2, 0.25) is 0 Å². The Labute approximate surface area is 111 Å². The van der Waals surface area contributed by atoms with E-state index in [4.69, 9.17) is 4.74 Å². The van der Waals surface area contributed by atoms with Crippen LogP contribution in [0.15, 0.2) is 4.99 Å². The van der Waals surface area contributed by atoms with Gasteiger partial charge in [-0.1, -0.05) is 6.42 Å². The van der Waals surface area contributed by atoms with Crippen molar-refractivity contribution in [2.75, 3.05) is 53.0 Å². The number of rotatable bonds is 7. The topological polar surface area (TPSA) is 48.9 Å². The van der Waals surface area contributed by atoms with Crippen molar-refractivity contribution in [3.63, 3.8) is 0 Å². The molecule has 1 aliphatic rings. The molecule has 1 aliphatic heterocycles. The van der Waals surface area contributed by atoms with Crippen molar-refractivity contribution in [3.8, 4) is 0 Å². The molecule has 0 aromatic carbocycles. The second-order valence-electron chi connectivity index (χ2n) is 4.58. The molecule has 1 heterocycles. The van der Waals surface area contributed by atoms with Gasteiger partial charge >= 0.3 is 0 Å². The summed E-state index contributed by atoms with van der Waals surface area (Å²) in [6, 6.07) is 0. The smallest absolute Gasteiger partial charge is 0.191 e. The minimum atomic E-state index is 0.705. The number of likely N-dealkylation sites (tertiary alicyclic amines) is 1. The minimum Gasteiger partial charge on any atom is -0.383 e. The third-order valence-corrected chi connectivity index (χ3v) is 3.08. The highest BCUT2D eigenvalue weighted by molar-refractivity contribution is 5.79. The Hall–Kier alpha value is -0.810. The van der Waals surface area contributed by atoms with Crippen LogP contribution in [0, 0.1) is 0 Å². The van der Waals surface area contributed by atoms with Gasteiger partial charge in [-0.05, 0) is 32.9 Å². The van der Waals surface area contributed by atoms with Crippen LogP contribution < -0.4 is 10.6 Å². The second kappa shape index (κ2) is 10.1. The number of methoxy groups -OCH3 is 1. The van der Waals surface area contributed by atoms with E-state index in [1.54, 1.807) is 7.11 Å². The van der Waals surface area contributed by atoms with Gasteiger partial charge in [0.05, 0.1) is 13.2 Å². The summed E-state index contributed by atoms with van der Waals surface area (Å²) in [6.07, 6.45) is 4.08. The van der Waals surface area contributed by atoms with Crippen molar-refractivity contribution in [1.82, 2.24) is 15.5 Å². The number of piperidine rings is 1. The first-order chi connectivity index (χ1) is 8.86. The molecule has 1 rings (SSSR count). The summed E-state index contributed by atoms with van der Waals surface area (Å²) in [5.74, 6) is 0.895. The lowest BCUT2D eigenvalue weighted by Crippen LogP contribution is -2.39. The molecule has 0 spiro atoms. The lowest BCUT2D eigenvalue weighted by molar-refractivity contribution is 0.203. The molecule has 0 amide bonds. The summed E-state index contributed by atoms with van der Waals surface area (Å²) in [5.41, 5.74) is 0. The zero-order valence-electron chi connectivity index (χ0n) is 11.9. The van der Waals surface area contributed by atoms with E-state index in [9.17, 15) is 0 Å². The third kappa shape index (κ3) is 6.81. The lowest BCUT2D eigenvalue weighted by Gasteiger charge is -2.25. The highest BCUT2D eigenvalue weighted by Gasteiger charge is 2.08. The van der Waals surface area contributed by atoms with Gasteiger partial charge in [0.25, 0.3) is 0 Å². The van der Waals surface area contributed by atoms with Crippen molar-refractivity contribution < 1.29 is 4.74 Å². The number of nitrogens with one attached hydrogen (secondary N) is 2. The van der Waals surface area contributed by atoms with E-state index < -0.39 is 0 Å². The summed E-state index contributed by atoms with van der Waals surface area (Å²) in [6.45, 7) is 8.89. The number of ether oxygens (including phenoxy) is 1. The summed E-state index contributed by atoms with van der Waals surface area (Å²) in [7, 11) is 1.71. The molecule has 0 radical (unpaired) electrons. The van der Waals surface area contributed by atoms with Crippen LogP contribution in [0.1, 0.15) is 26.2 Å². The normalized spacial score (nSPS) is 17.8. The predicted octanol–water partition coefficient (Wildman–Crippen LogP) is 0.674. The van der Waals surface area contributed by atoms with Crippen LogP contribution in [0.5, 0.6) is 0 Å². The standard InChI is InChI=1S/C13H28N4O/c1-3-14-13(16-8-12-18-2)15-7-11-17-9-5-4-6-10-17/h3-12H2,1-2H3,(H2,14,15,16). The molecule has 0 atom stereocenters. The molecule has 2 N–H and O–H groups in total. The highest BCUT2D eigenvalue weighted by Crippen LogP contribution is 2.07. The molecular weight excluding hydrogens is 228 g/mol.